The van der Waals surface area contributed by atoms with Crippen LogP contribution >= 0.6 is 11.8 Å². The van der Waals surface area contributed by atoms with Crippen LogP contribution < -0.4 is 16.6 Å². The van der Waals surface area contributed by atoms with Gasteiger partial charge in [0.1, 0.15) is 17.0 Å². The van der Waals surface area contributed by atoms with E-state index < -0.39 is 11.4 Å². The molecule has 0 spiro atoms. The van der Waals surface area contributed by atoms with Crippen molar-refractivity contribution in [3.63, 3.8) is 0 Å². The number of nitrogens with one attached hydrogen (secondary N) is 2. The topological polar surface area (TPSA) is 93.0 Å². The van der Waals surface area contributed by atoms with Crippen molar-refractivity contribution in [1.82, 2.24) is 9.97 Å². The van der Waals surface area contributed by atoms with Crippen molar-refractivity contribution in [2.24, 2.45) is 5.73 Å². The molecule has 2 fully saturated rings. The van der Waals surface area contributed by atoms with Gasteiger partial charge in [0.2, 0.25) is 0 Å². The molecule has 1 aliphatic heterocycles. The highest BCUT2D eigenvalue weighted by Crippen LogP contribution is 2.27. The lowest BCUT2D eigenvalue weighted by Crippen LogP contribution is -2.33. The van der Waals surface area contributed by atoms with E-state index in [1.165, 1.54) is 18.9 Å². The second kappa shape index (κ2) is 8.80. The summed E-state index contributed by atoms with van der Waals surface area (Å²) in [6.45, 7) is 1.22. The normalized spacial score (nSPS) is 23.4. The van der Waals surface area contributed by atoms with Gasteiger partial charge in [0.15, 0.2) is 0 Å². The van der Waals surface area contributed by atoms with Crippen LogP contribution in [-0.4, -0.2) is 40.5 Å². The average Bonchev–Trinajstić information content (AvgIpc) is 3.19. The Morgan fingerprint density at radius 2 is 2.11 bits per heavy atom. The molecular weight excluding hydrogens is 379 g/mol. The van der Waals surface area contributed by atoms with E-state index >= 15 is 0 Å². The van der Waals surface area contributed by atoms with Crippen molar-refractivity contribution in [3.05, 3.63) is 34.1 Å². The molecule has 1 saturated carbocycles. The van der Waals surface area contributed by atoms with Gasteiger partial charge < -0.3 is 20.8 Å². The summed E-state index contributed by atoms with van der Waals surface area (Å²) in [5.41, 5.74) is 6.32. The first-order valence-electron chi connectivity index (χ1n) is 10.0. The van der Waals surface area contributed by atoms with Crippen LogP contribution in [0.4, 0.5) is 10.1 Å². The van der Waals surface area contributed by atoms with Gasteiger partial charge in [0, 0.05) is 23.5 Å². The monoisotopic (exact) mass is 406 g/mol. The van der Waals surface area contributed by atoms with Crippen LogP contribution in [0.1, 0.15) is 44.3 Å². The van der Waals surface area contributed by atoms with Crippen LogP contribution in [0.2, 0.25) is 0 Å². The van der Waals surface area contributed by atoms with Crippen molar-refractivity contribution in [2.45, 2.75) is 61.7 Å². The molecule has 0 amide bonds. The number of benzene rings is 1. The zero-order chi connectivity index (χ0) is 19.5. The Kier molecular flexibility index (Phi) is 6.18. The van der Waals surface area contributed by atoms with Crippen LogP contribution in [0.5, 0.6) is 0 Å². The molecule has 28 heavy (non-hydrogen) atoms. The highest BCUT2D eigenvalue weighted by atomic mass is 32.2. The van der Waals surface area contributed by atoms with Crippen molar-refractivity contribution in [2.75, 3.05) is 18.5 Å². The van der Waals surface area contributed by atoms with E-state index in [4.69, 9.17) is 10.5 Å². The minimum Gasteiger partial charge on any atom is -0.382 e. The standard InChI is InChI=1S/C20H27FN4O2S/c21-16-7-13(23-12-3-1-2-4-12)8-17-19(16)20(26)25-18(24-17)11-28-15-6-5-14(9-22)27-10-15/h7-8,12,14-15,23H,1-6,9-11,22H2,(H,24,25,26). The van der Waals surface area contributed by atoms with Gasteiger partial charge in [-0.15, -0.1) is 11.8 Å². The Morgan fingerprint density at radius 1 is 1.29 bits per heavy atom. The Balaban J connectivity index is 1.48. The summed E-state index contributed by atoms with van der Waals surface area (Å²) in [5, 5.41) is 3.76. The van der Waals surface area contributed by atoms with Gasteiger partial charge in [-0.3, -0.25) is 4.79 Å². The summed E-state index contributed by atoms with van der Waals surface area (Å²) in [6, 6.07) is 3.56. The van der Waals surface area contributed by atoms with Crippen molar-refractivity contribution in [3.8, 4) is 0 Å². The first-order valence-corrected chi connectivity index (χ1v) is 11.1. The number of hydrogen-bond acceptors (Lipinski definition) is 6. The van der Waals surface area contributed by atoms with E-state index in [9.17, 15) is 9.18 Å². The Bertz CT molecular complexity index is 876. The maximum absolute atomic E-state index is 14.5. The molecule has 4 N–H and O–H groups in total. The summed E-state index contributed by atoms with van der Waals surface area (Å²) in [7, 11) is 0. The number of H-pyrrole nitrogens is 1. The highest BCUT2D eigenvalue weighted by Gasteiger charge is 2.22. The summed E-state index contributed by atoms with van der Waals surface area (Å²) in [4.78, 5) is 19.7. The van der Waals surface area contributed by atoms with Crippen molar-refractivity contribution < 1.29 is 9.13 Å². The Hall–Kier alpha value is -1.64. The molecule has 2 atom stereocenters. The molecule has 1 aromatic heterocycles. The number of anilines is 1. The van der Waals surface area contributed by atoms with Crippen LogP contribution in [0.15, 0.2) is 16.9 Å². The molecule has 1 saturated heterocycles. The summed E-state index contributed by atoms with van der Waals surface area (Å²) < 4.78 is 20.2. The average molecular weight is 407 g/mol. The number of hydrogen-bond donors (Lipinski definition) is 3. The number of aromatic nitrogens is 2. The van der Waals surface area contributed by atoms with E-state index in [0.717, 1.165) is 25.7 Å². The van der Waals surface area contributed by atoms with E-state index in [1.807, 2.05) is 0 Å². The molecule has 2 heterocycles. The van der Waals surface area contributed by atoms with Crippen molar-refractivity contribution >= 4 is 28.4 Å². The van der Waals surface area contributed by atoms with Gasteiger partial charge in [0.05, 0.1) is 24.0 Å². The predicted octanol–water partition coefficient (Wildman–Crippen LogP) is 3.16. The quantitative estimate of drug-likeness (QED) is 0.682. The predicted molar refractivity (Wildman–Crippen MR) is 111 cm³/mol. The second-order valence-corrected chi connectivity index (χ2v) is 8.98. The van der Waals surface area contributed by atoms with Gasteiger partial charge >= 0.3 is 0 Å². The van der Waals surface area contributed by atoms with Crippen LogP contribution in [0.25, 0.3) is 10.9 Å². The van der Waals surface area contributed by atoms with E-state index in [-0.39, 0.29) is 11.5 Å². The van der Waals surface area contributed by atoms with Gasteiger partial charge in [-0.1, -0.05) is 12.8 Å². The minimum absolute atomic E-state index is 0.0255. The zero-order valence-electron chi connectivity index (χ0n) is 15.9. The van der Waals surface area contributed by atoms with Gasteiger partial charge in [-0.2, -0.15) is 0 Å². The SMILES string of the molecule is NCC1CCC(SCc2nc3cc(NC4CCCC4)cc(F)c3c(=O)[nH]2)CO1. The number of ether oxygens (including phenoxy) is 1. The van der Waals surface area contributed by atoms with Gasteiger partial charge in [-0.05, 0) is 37.8 Å². The molecular formula is C20H27FN4O2S. The summed E-state index contributed by atoms with van der Waals surface area (Å²) >= 11 is 1.71. The molecule has 2 aliphatic rings. The minimum atomic E-state index is -0.528. The molecule has 4 rings (SSSR count). The zero-order valence-corrected chi connectivity index (χ0v) is 16.7. The Morgan fingerprint density at radius 3 is 2.82 bits per heavy atom. The second-order valence-electron chi connectivity index (χ2n) is 7.69. The lowest BCUT2D eigenvalue weighted by molar-refractivity contribution is 0.0259. The van der Waals surface area contributed by atoms with Gasteiger partial charge in [0.25, 0.3) is 5.56 Å². The number of nitrogens with zero attached hydrogens (tertiary/aromatic N) is 1. The third-order valence-electron chi connectivity index (χ3n) is 5.58. The van der Waals surface area contributed by atoms with Crippen LogP contribution in [0.3, 0.4) is 0 Å². The molecule has 152 valence electrons. The van der Waals surface area contributed by atoms with Crippen LogP contribution in [-0.2, 0) is 10.5 Å². The molecule has 2 unspecified atom stereocenters. The third-order valence-corrected chi connectivity index (χ3v) is 6.87. The van der Waals surface area contributed by atoms with Crippen LogP contribution in [0, 0.1) is 5.82 Å². The van der Waals surface area contributed by atoms with Gasteiger partial charge in [-0.25, -0.2) is 9.37 Å². The first kappa shape index (κ1) is 19.7. The fraction of sp³-hybridized carbons (Fsp3) is 0.600. The highest BCUT2D eigenvalue weighted by molar-refractivity contribution is 7.99. The molecule has 2 aromatic rings. The molecule has 0 radical (unpaired) electrons. The number of aromatic amines is 1. The first-order chi connectivity index (χ1) is 13.6. The Labute approximate surface area is 167 Å². The fourth-order valence-corrected chi connectivity index (χ4v) is 5.03. The molecule has 8 heteroatoms. The molecule has 1 aliphatic carbocycles. The van der Waals surface area contributed by atoms with E-state index in [2.05, 4.69) is 15.3 Å². The number of thioether (sulfide) groups is 1. The lowest BCUT2D eigenvalue weighted by Gasteiger charge is -2.27. The summed E-state index contributed by atoms with van der Waals surface area (Å²) in [6.07, 6.45) is 6.74. The summed E-state index contributed by atoms with van der Waals surface area (Å²) in [5.74, 6) is 0.606. The molecule has 0 bridgehead atoms. The maximum Gasteiger partial charge on any atom is 0.261 e. The van der Waals surface area contributed by atoms with E-state index in [0.29, 0.717) is 47.2 Å². The fourth-order valence-electron chi connectivity index (χ4n) is 4.03. The number of fused-ring (bicyclic) bond motifs is 1. The van der Waals surface area contributed by atoms with Crippen molar-refractivity contribution in [1.29, 1.82) is 0 Å². The number of nitrogens with two attached hydrogens (primary N) is 1. The third kappa shape index (κ3) is 4.50. The smallest absolute Gasteiger partial charge is 0.261 e. The maximum atomic E-state index is 14.5. The largest absolute Gasteiger partial charge is 0.382 e. The number of halogens is 1. The number of rotatable bonds is 6. The lowest BCUT2D eigenvalue weighted by atomic mass is 10.1. The molecule has 6 nitrogen and oxygen atoms in total. The van der Waals surface area contributed by atoms with E-state index in [1.54, 1.807) is 17.8 Å². The molecule has 1 aromatic carbocycles.